The highest BCUT2D eigenvalue weighted by molar-refractivity contribution is 6.26. The number of aldehydes is 1. The molecule has 0 aliphatic carbocycles. The predicted molar refractivity (Wildman–Crippen MR) is 567 cm³/mol. The monoisotopic (exact) mass is 1900 g/mol. The molecule has 0 saturated carbocycles. The lowest BCUT2D eigenvalue weighted by Gasteiger charge is -2.35. The zero-order valence-electron chi connectivity index (χ0n) is 86.5. The van der Waals surface area contributed by atoms with E-state index in [-0.39, 0.29) is 52.4 Å². The van der Waals surface area contributed by atoms with Gasteiger partial charge in [-0.25, -0.2) is 28.8 Å². The fraction of sp³-hybridized carbons (Fsp3) is 0.522. The molecular weight excluding hydrogens is 1740 g/mol. The van der Waals surface area contributed by atoms with E-state index in [1.807, 2.05) is 104 Å². The molecule has 3 saturated heterocycles. The van der Waals surface area contributed by atoms with Crippen LogP contribution in [0.3, 0.4) is 0 Å². The standard InChI is InChI=1S/C43H60N4O6.C29H37N3.C23H44N4O6.C20H16O/c1-41(2,3)51-38(48)45-25-23-44(24-26-46(39(49)52-42(4,5)6)28-30-47(29-27-45)40(50)53-43(7,8)9)22-11-10-13-31-16-17-34-19-18-32-14-12-15-33-20-21-35(31)37(34)36(32)33;1-3-16-30-17-18-31-19-22-32(20-4-1)21-5-2-7-23-10-11-26-13-12-24-8-6-9-25-14-15-27(23)29(26)28(24)25;1-21(2,3)31-18(28)25-12-10-24-11-13-26(19(29)32-22(4,5)6)15-17-27(16-14-25)20(30)33-23(7,8)9;21-13-2-1-4-14-7-8-17-10-9-15-5-3-6-16-11-12-18(14)20(17)19(15)16/h12,14-21H,10-11,13,22-30H2,1-9H3;6,8-15,30-31H,1-5,7,16-22H2;24H,10-17H2,1-9H3;3,5-13H,1-2,4H2. The quantitative estimate of drug-likeness (QED) is 0.0397. The first-order chi connectivity index (χ1) is 66.1. The molecule has 0 atom stereocenters. The van der Waals surface area contributed by atoms with Crippen molar-refractivity contribution in [1.29, 1.82) is 0 Å². The average molecular weight is 1900 g/mol. The van der Waals surface area contributed by atoms with Gasteiger partial charge in [0.2, 0.25) is 0 Å². The molecular formula is C115H157N11O13. The molecule has 0 unspecified atom stereocenters. The molecule has 3 fully saturated rings. The van der Waals surface area contributed by atoms with Crippen LogP contribution in [-0.2, 0) is 52.5 Å². The number of hydrogen-bond donors (Lipinski definition) is 3. The molecule has 139 heavy (non-hydrogen) atoms. The minimum absolute atomic E-state index is 0.232. The third-order valence-electron chi connectivity index (χ3n) is 25.3. The zero-order valence-corrected chi connectivity index (χ0v) is 86.5. The number of ether oxygens (including phenoxy) is 6. The Kier molecular flexibility index (Phi) is 37.5. The Morgan fingerprint density at radius 1 is 0.252 bits per heavy atom. The third-order valence-corrected chi connectivity index (χ3v) is 25.3. The number of carbonyl (C=O) groups is 7. The average Bonchev–Trinajstić information content (AvgIpc) is 0.749. The van der Waals surface area contributed by atoms with E-state index in [1.165, 1.54) is 183 Å². The SMILES string of the molecule is CC(C)(C)OC(=O)N1CCN(CCCCc2ccc3ccc4cccc5ccc2c3c45)CCN(C(=O)OC(C)(C)C)CCN(C(=O)OC(C)(C)C)CC1.CC(C)(C)OC(=O)N1CCNCCN(C(=O)OC(C)(C)C)CCN(C(=O)OC(C)(C)C)CC1.O=CCCCc1ccc2ccc3cccc4ccc1c2c34.c1cc2ccc3ccc(CCCCN4CCCCCNCCNCC4)c4ccc(c1)c2c34. The van der Waals surface area contributed by atoms with Gasteiger partial charge in [-0.1, -0.05) is 170 Å². The Morgan fingerprint density at radius 2 is 0.496 bits per heavy atom. The normalized spacial score (nSPS) is 16.1. The Labute approximate surface area is 825 Å². The molecule has 0 radical (unpaired) electrons. The fourth-order valence-electron chi connectivity index (χ4n) is 18.6. The summed E-state index contributed by atoms with van der Waals surface area (Å²) in [6.07, 6.45) is 11.5. The molecule has 6 amide bonds. The number of hydrogen-bond acceptors (Lipinski definition) is 18. The number of rotatable bonds is 14. The maximum Gasteiger partial charge on any atom is 0.410 e. The van der Waals surface area contributed by atoms with Crippen LogP contribution in [0, 0.1) is 0 Å². The van der Waals surface area contributed by atoms with Gasteiger partial charge in [-0.05, 0) is 329 Å². The lowest BCUT2D eigenvalue weighted by atomic mass is 9.90. The van der Waals surface area contributed by atoms with E-state index in [1.54, 1.807) is 45.3 Å². The topological polar surface area (TPSA) is 237 Å². The van der Waals surface area contributed by atoms with Gasteiger partial charge < -0.3 is 83.5 Å². The molecule has 3 aliphatic heterocycles. The van der Waals surface area contributed by atoms with Crippen molar-refractivity contribution in [2.75, 3.05) is 157 Å². The summed E-state index contributed by atoms with van der Waals surface area (Å²) in [6, 6.07) is 60.4. The minimum Gasteiger partial charge on any atom is -0.444 e. The number of nitrogens with zero attached hydrogens (tertiary/aromatic N) is 8. The van der Waals surface area contributed by atoms with E-state index in [0.717, 1.165) is 64.6 Å². The number of benzene rings is 12. The first-order valence-electron chi connectivity index (χ1n) is 51.0. The lowest BCUT2D eigenvalue weighted by molar-refractivity contribution is -0.107. The summed E-state index contributed by atoms with van der Waals surface area (Å²) in [7, 11) is 0. The van der Waals surface area contributed by atoms with Crippen molar-refractivity contribution in [1.82, 2.24) is 55.1 Å². The summed E-state index contributed by atoms with van der Waals surface area (Å²) in [6.45, 7) is 47.7. The van der Waals surface area contributed by atoms with Crippen LogP contribution in [0.5, 0.6) is 0 Å². The predicted octanol–water partition coefficient (Wildman–Crippen LogP) is 22.9. The summed E-state index contributed by atoms with van der Waals surface area (Å²) in [5.41, 5.74) is 0.291. The van der Waals surface area contributed by atoms with E-state index in [9.17, 15) is 33.6 Å². The smallest absolute Gasteiger partial charge is 0.410 e. The maximum atomic E-state index is 13.4. The van der Waals surface area contributed by atoms with Crippen molar-refractivity contribution in [2.24, 2.45) is 0 Å². The molecule has 24 heteroatoms. The van der Waals surface area contributed by atoms with Crippen LogP contribution in [0.15, 0.2) is 164 Å². The molecule has 0 aromatic heterocycles. The Morgan fingerprint density at radius 3 is 0.799 bits per heavy atom. The van der Waals surface area contributed by atoms with E-state index in [0.29, 0.717) is 58.8 Å². The molecule has 15 rings (SSSR count). The lowest BCUT2D eigenvalue weighted by Crippen LogP contribution is -2.51. The number of amides is 6. The molecule has 3 heterocycles. The maximum absolute atomic E-state index is 13.4. The summed E-state index contributed by atoms with van der Waals surface area (Å²) < 4.78 is 33.9. The molecule has 24 nitrogen and oxygen atoms in total. The highest BCUT2D eigenvalue weighted by Crippen LogP contribution is 2.40. The van der Waals surface area contributed by atoms with Crippen LogP contribution < -0.4 is 16.0 Å². The number of aryl methyl sites for hydroxylation is 3. The molecule has 12 aromatic rings. The van der Waals surface area contributed by atoms with Gasteiger partial charge in [0.05, 0.1) is 0 Å². The van der Waals surface area contributed by atoms with Crippen LogP contribution in [0.1, 0.15) is 199 Å². The zero-order chi connectivity index (χ0) is 99.8. The second-order valence-corrected chi connectivity index (χ2v) is 43.5. The first kappa shape index (κ1) is 107. The van der Waals surface area contributed by atoms with Crippen molar-refractivity contribution < 1.29 is 62.0 Å². The molecule has 0 spiro atoms. The number of unbranched alkanes of at least 4 members (excludes halogenated alkanes) is 3. The number of carbonyl (C=O) groups excluding carboxylic acids is 7. The van der Waals surface area contributed by atoms with Crippen molar-refractivity contribution in [3.8, 4) is 0 Å². The van der Waals surface area contributed by atoms with Gasteiger partial charge in [-0.15, -0.1) is 0 Å². The molecule has 750 valence electrons. The van der Waals surface area contributed by atoms with Crippen LogP contribution in [0.2, 0.25) is 0 Å². The van der Waals surface area contributed by atoms with Crippen LogP contribution in [0.4, 0.5) is 28.8 Å². The van der Waals surface area contributed by atoms with E-state index >= 15 is 0 Å². The Hall–Kier alpha value is -11.2. The van der Waals surface area contributed by atoms with Gasteiger partial charge in [0.1, 0.15) is 39.9 Å². The van der Waals surface area contributed by atoms with Crippen LogP contribution in [0.25, 0.3) is 97.0 Å². The van der Waals surface area contributed by atoms with Crippen molar-refractivity contribution in [2.45, 2.75) is 235 Å². The van der Waals surface area contributed by atoms with Crippen molar-refractivity contribution in [3.63, 3.8) is 0 Å². The van der Waals surface area contributed by atoms with Crippen molar-refractivity contribution >= 4 is 140 Å². The summed E-state index contributed by atoms with van der Waals surface area (Å²) in [4.78, 5) is 104. The number of nitrogens with one attached hydrogen (secondary N) is 3. The van der Waals surface area contributed by atoms with Crippen molar-refractivity contribution in [3.05, 3.63) is 180 Å². The molecule has 3 aliphatic rings. The molecule has 3 N–H and O–H groups in total. The summed E-state index contributed by atoms with van der Waals surface area (Å²) >= 11 is 0. The second kappa shape index (κ2) is 48.8. The largest absolute Gasteiger partial charge is 0.444 e. The molecule has 0 bridgehead atoms. The van der Waals surface area contributed by atoms with Crippen LogP contribution in [-0.4, -0.2) is 273 Å². The highest BCUT2D eigenvalue weighted by Gasteiger charge is 2.33. The van der Waals surface area contributed by atoms with Gasteiger partial charge >= 0.3 is 36.6 Å². The third kappa shape index (κ3) is 31.9. The Bertz CT molecular complexity index is 5870. The van der Waals surface area contributed by atoms with E-state index in [2.05, 4.69) is 190 Å². The van der Waals surface area contributed by atoms with Crippen LogP contribution >= 0.6 is 0 Å². The molecule has 12 aromatic carbocycles. The van der Waals surface area contributed by atoms with Gasteiger partial charge in [-0.3, -0.25) is 4.90 Å². The minimum atomic E-state index is -0.697. The summed E-state index contributed by atoms with van der Waals surface area (Å²) in [5, 5.41) is 34.6. The fourth-order valence-corrected chi connectivity index (χ4v) is 18.6. The van der Waals surface area contributed by atoms with E-state index in [4.69, 9.17) is 28.4 Å². The Balaban J connectivity index is 0.000000175. The van der Waals surface area contributed by atoms with Gasteiger partial charge in [0, 0.05) is 137 Å². The first-order valence-corrected chi connectivity index (χ1v) is 51.0. The highest BCUT2D eigenvalue weighted by atomic mass is 16.6. The summed E-state index contributed by atoms with van der Waals surface area (Å²) in [5.74, 6) is 0. The van der Waals surface area contributed by atoms with Gasteiger partial charge in [0.15, 0.2) is 0 Å². The van der Waals surface area contributed by atoms with E-state index < -0.39 is 70.2 Å². The van der Waals surface area contributed by atoms with Gasteiger partial charge in [-0.2, -0.15) is 0 Å². The van der Waals surface area contributed by atoms with Gasteiger partial charge in [0.25, 0.3) is 0 Å². The second-order valence-electron chi connectivity index (χ2n) is 43.5.